The van der Waals surface area contributed by atoms with Gasteiger partial charge in [-0.1, -0.05) is 19.1 Å². The maximum atomic E-state index is 13.4. The molecule has 1 N–H and O–H groups in total. The molecule has 0 amide bonds. The largest absolute Gasteiger partial charge is 0.494 e. The number of alkyl halides is 9. The van der Waals surface area contributed by atoms with Crippen LogP contribution in [0, 0.1) is 5.92 Å². The van der Waals surface area contributed by atoms with Crippen LogP contribution >= 0.6 is 0 Å². The van der Waals surface area contributed by atoms with Crippen LogP contribution in [0.25, 0.3) is 0 Å². The maximum absolute atomic E-state index is 13.4. The van der Waals surface area contributed by atoms with E-state index in [1.165, 1.54) is 12.1 Å². The van der Waals surface area contributed by atoms with Crippen LogP contribution in [-0.2, 0) is 11.3 Å². The standard InChI is InChI=1S/C18H21F9O3/c1-12(9-28)10-29-11-13-3-5-14(6-4-13)30-8-2-7-15(19,20)16(21,22)17(23,24)18(25,26)27/h3-6,12,28H,2,7-11H2,1H3/t12-/m1/s1. The predicted molar refractivity (Wildman–Crippen MR) is 88.0 cm³/mol. The molecule has 1 aromatic carbocycles. The quantitative estimate of drug-likeness (QED) is 0.336. The predicted octanol–water partition coefficient (Wildman–Crippen LogP) is 5.46. The van der Waals surface area contributed by atoms with Gasteiger partial charge in [-0.3, -0.25) is 0 Å². The lowest BCUT2D eigenvalue weighted by Crippen LogP contribution is -2.60. The first-order valence-corrected chi connectivity index (χ1v) is 8.76. The van der Waals surface area contributed by atoms with Crippen molar-refractivity contribution in [2.75, 3.05) is 19.8 Å². The minimum absolute atomic E-state index is 0.0361. The Kier molecular flexibility index (Phi) is 8.85. The van der Waals surface area contributed by atoms with Crippen molar-refractivity contribution in [2.45, 2.75) is 50.3 Å². The SMILES string of the molecule is C[C@H](CO)COCc1ccc(OCCCC(F)(F)C(F)(F)C(F)(F)C(F)(F)F)cc1. The Morgan fingerprint density at radius 1 is 0.900 bits per heavy atom. The van der Waals surface area contributed by atoms with Gasteiger partial charge < -0.3 is 14.6 Å². The summed E-state index contributed by atoms with van der Waals surface area (Å²) >= 11 is 0. The molecule has 0 bridgehead atoms. The van der Waals surface area contributed by atoms with Crippen LogP contribution in [0.1, 0.15) is 25.3 Å². The molecule has 1 atom stereocenters. The number of rotatable bonds is 12. The third-order valence-electron chi connectivity index (χ3n) is 4.02. The first-order chi connectivity index (χ1) is 13.7. The maximum Gasteiger partial charge on any atom is 0.460 e. The molecule has 3 nitrogen and oxygen atoms in total. The van der Waals surface area contributed by atoms with Crippen molar-refractivity contribution in [3.05, 3.63) is 29.8 Å². The van der Waals surface area contributed by atoms with Gasteiger partial charge in [-0.2, -0.15) is 39.5 Å². The Labute approximate surface area is 166 Å². The molecule has 0 radical (unpaired) electrons. The lowest BCUT2D eigenvalue weighted by molar-refractivity contribution is -0.396. The third-order valence-corrected chi connectivity index (χ3v) is 4.02. The van der Waals surface area contributed by atoms with Crippen LogP contribution in [-0.4, -0.2) is 48.9 Å². The molecule has 0 heterocycles. The number of hydrogen-bond acceptors (Lipinski definition) is 3. The second-order valence-electron chi connectivity index (χ2n) is 6.75. The molecule has 0 aliphatic rings. The zero-order valence-corrected chi connectivity index (χ0v) is 15.8. The molecule has 0 saturated heterocycles. The number of ether oxygens (including phenoxy) is 2. The molecule has 0 aliphatic carbocycles. The van der Waals surface area contributed by atoms with Crippen molar-refractivity contribution in [3.63, 3.8) is 0 Å². The second-order valence-corrected chi connectivity index (χ2v) is 6.75. The average molecular weight is 456 g/mol. The van der Waals surface area contributed by atoms with Crippen LogP contribution in [0.2, 0.25) is 0 Å². The third kappa shape index (κ3) is 6.40. The highest BCUT2D eigenvalue weighted by Crippen LogP contribution is 2.54. The molecule has 30 heavy (non-hydrogen) atoms. The van der Waals surface area contributed by atoms with Crippen molar-refractivity contribution in [2.24, 2.45) is 5.92 Å². The van der Waals surface area contributed by atoms with Gasteiger partial charge in [-0.15, -0.1) is 0 Å². The van der Waals surface area contributed by atoms with Gasteiger partial charge in [0.1, 0.15) is 5.75 Å². The summed E-state index contributed by atoms with van der Waals surface area (Å²) in [6.07, 6.45) is -9.64. The number of aliphatic hydroxyl groups is 1. The van der Waals surface area contributed by atoms with Crippen molar-refractivity contribution < 1.29 is 54.1 Å². The van der Waals surface area contributed by atoms with Gasteiger partial charge in [0.15, 0.2) is 0 Å². The minimum atomic E-state index is -6.88. The fraction of sp³-hybridized carbons (Fsp3) is 0.667. The van der Waals surface area contributed by atoms with Crippen molar-refractivity contribution in [1.29, 1.82) is 0 Å². The van der Waals surface area contributed by atoms with Crippen LogP contribution in [0.4, 0.5) is 39.5 Å². The van der Waals surface area contributed by atoms with Crippen LogP contribution in [0.5, 0.6) is 5.75 Å². The average Bonchev–Trinajstić information content (AvgIpc) is 2.65. The van der Waals surface area contributed by atoms with Gasteiger partial charge in [0.05, 0.1) is 19.8 Å². The molecule has 0 fully saturated rings. The van der Waals surface area contributed by atoms with E-state index in [-0.39, 0.29) is 24.9 Å². The number of hydrogen-bond donors (Lipinski definition) is 1. The van der Waals surface area contributed by atoms with Gasteiger partial charge in [-0.05, 0) is 24.1 Å². The first-order valence-electron chi connectivity index (χ1n) is 8.76. The van der Waals surface area contributed by atoms with Crippen LogP contribution < -0.4 is 4.74 Å². The molecular formula is C18H21F9O3. The van der Waals surface area contributed by atoms with Gasteiger partial charge in [-0.25, -0.2) is 0 Å². The summed E-state index contributed by atoms with van der Waals surface area (Å²) in [6, 6.07) is 5.95. The lowest BCUT2D eigenvalue weighted by Gasteiger charge is -2.33. The fourth-order valence-electron chi connectivity index (χ4n) is 2.16. The summed E-state index contributed by atoms with van der Waals surface area (Å²) in [4.78, 5) is 0. The van der Waals surface area contributed by atoms with E-state index in [0.29, 0.717) is 12.2 Å². The van der Waals surface area contributed by atoms with E-state index >= 15 is 0 Å². The van der Waals surface area contributed by atoms with Gasteiger partial charge in [0, 0.05) is 18.9 Å². The van der Waals surface area contributed by atoms with Crippen LogP contribution in [0.15, 0.2) is 24.3 Å². The van der Waals surface area contributed by atoms with Crippen molar-refractivity contribution >= 4 is 0 Å². The molecule has 0 aromatic heterocycles. The molecule has 0 unspecified atom stereocenters. The van der Waals surface area contributed by atoms with E-state index in [1.54, 1.807) is 19.1 Å². The molecule has 0 saturated carbocycles. The summed E-state index contributed by atoms with van der Waals surface area (Å²) in [5, 5.41) is 8.87. The highest BCUT2D eigenvalue weighted by molar-refractivity contribution is 5.26. The smallest absolute Gasteiger partial charge is 0.460 e. The normalized spacial score (nSPS) is 14.6. The number of benzene rings is 1. The van der Waals surface area contributed by atoms with E-state index in [2.05, 4.69) is 0 Å². The van der Waals surface area contributed by atoms with Crippen molar-refractivity contribution in [1.82, 2.24) is 0 Å². The lowest BCUT2D eigenvalue weighted by atomic mass is 10.00. The molecule has 1 aromatic rings. The molecule has 12 heteroatoms. The molecule has 0 spiro atoms. The Bertz CT molecular complexity index is 645. The molecule has 174 valence electrons. The summed E-state index contributed by atoms with van der Waals surface area (Å²) in [5.74, 6) is -19.0. The molecular weight excluding hydrogens is 435 g/mol. The van der Waals surface area contributed by atoms with E-state index in [4.69, 9.17) is 14.6 Å². The fourth-order valence-corrected chi connectivity index (χ4v) is 2.16. The van der Waals surface area contributed by atoms with E-state index in [0.717, 1.165) is 0 Å². The van der Waals surface area contributed by atoms with Gasteiger partial charge >= 0.3 is 23.9 Å². The Morgan fingerprint density at radius 2 is 1.47 bits per heavy atom. The summed E-state index contributed by atoms with van der Waals surface area (Å²) in [7, 11) is 0. The number of aliphatic hydroxyl groups excluding tert-OH is 1. The zero-order valence-electron chi connectivity index (χ0n) is 15.8. The topological polar surface area (TPSA) is 38.7 Å². The highest BCUT2D eigenvalue weighted by Gasteiger charge is 2.81. The van der Waals surface area contributed by atoms with Gasteiger partial charge in [0.2, 0.25) is 0 Å². The Balaban J connectivity index is 2.52. The summed E-state index contributed by atoms with van der Waals surface area (Å²) in [5.41, 5.74) is 0.716. The van der Waals surface area contributed by atoms with Crippen molar-refractivity contribution in [3.8, 4) is 5.75 Å². The molecule has 0 aliphatic heterocycles. The van der Waals surface area contributed by atoms with Gasteiger partial charge in [0.25, 0.3) is 0 Å². The zero-order chi connectivity index (χ0) is 23.2. The summed E-state index contributed by atoms with van der Waals surface area (Å²) < 4.78 is 125. The first kappa shape index (κ1) is 26.3. The molecule has 1 rings (SSSR count). The number of halogens is 9. The van der Waals surface area contributed by atoms with E-state index < -0.39 is 43.4 Å². The Hall–Kier alpha value is -1.69. The summed E-state index contributed by atoms with van der Waals surface area (Å²) in [6.45, 7) is 1.68. The van der Waals surface area contributed by atoms with E-state index in [9.17, 15) is 39.5 Å². The van der Waals surface area contributed by atoms with E-state index in [1.807, 2.05) is 0 Å². The monoisotopic (exact) mass is 456 g/mol. The second kappa shape index (κ2) is 10.1. The highest BCUT2D eigenvalue weighted by atomic mass is 19.4. The Morgan fingerprint density at radius 3 is 1.97 bits per heavy atom. The minimum Gasteiger partial charge on any atom is -0.494 e. The van der Waals surface area contributed by atoms with Crippen LogP contribution in [0.3, 0.4) is 0 Å².